The van der Waals surface area contributed by atoms with Gasteiger partial charge in [-0.3, -0.25) is 0 Å². The molecule has 0 heterocycles. The van der Waals surface area contributed by atoms with E-state index in [1.54, 1.807) is 0 Å². The fourth-order valence-corrected chi connectivity index (χ4v) is 2.57. The van der Waals surface area contributed by atoms with Crippen LogP contribution in [0.15, 0.2) is 0 Å². The van der Waals surface area contributed by atoms with Crippen LogP contribution in [0.25, 0.3) is 0 Å². The minimum atomic E-state index is 0. The van der Waals surface area contributed by atoms with E-state index in [2.05, 4.69) is 36.8 Å². The third-order valence-corrected chi connectivity index (χ3v) is 4.60. The van der Waals surface area contributed by atoms with Gasteiger partial charge in [-0.2, -0.15) is 0 Å². The molecule has 1 unspecified atom stereocenters. The van der Waals surface area contributed by atoms with Gasteiger partial charge in [0, 0.05) is 0 Å². The van der Waals surface area contributed by atoms with E-state index >= 15 is 0 Å². The Balaban J connectivity index is 0. The summed E-state index contributed by atoms with van der Waals surface area (Å²) in [5, 5.41) is 0. The first-order valence-electron chi connectivity index (χ1n) is 7.08. The summed E-state index contributed by atoms with van der Waals surface area (Å²) in [6.45, 7) is 7.25. The highest BCUT2D eigenvalue weighted by Gasteiger charge is 2.18. The Kier molecular flexibility index (Phi) is 16.4. The Bertz CT molecular complexity index is 155. The number of halogens is 2. The molecule has 0 fully saturated rings. The van der Waals surface area contributed by atoms with Gasteiger partial charge >= 0.3 is 0 Å². The summed E-state index contributed by atoms with van der Waals surface area (Å²) < 4.78 is 1.21. The first-order valence-corrected chi connectivity index (χ1v) is 8.20. The minimum absolute atomic E-state index is 0. The van der Waals surface area contributed by atoms with Crippen LogP contribution in [0.3, 0.4) is 0 Å². The predicted molar refractivity (Wildman–Crippen MR) is 78.0 cm³/mol. The molecule has 3 heteroatoms. The van der Waals surface area contributed by atoms with Crippen molar-refractivity contribution in [3.05, 3.63) is 0 Å². The van der Waals surface area contributed by atoms with Crippen molar-refractivity contribution in [2.24, 2.45) is 0 Å². The fourth-order valence-electron chi connectivity index (χ4n) is 2.07. The lowest BCUT2D eigenvalue weighted by Crippen LogP contribution is -3.00. The van der Waals surface area contributed by atoms with E-state index in [1.807, 2.05) is 0 Å². The van der Waals surface area contributed by atoms with Gasteiger partial charge in [0.2, 0.25) is 0 Å². The van der Waals surface area contributed by atoms with Crippen LogP contribution in [0.1, 0.15) is 65.2 Å². The quantitative estimate of drug-likeness (QED) is 0.158. The van der Waals surface area contributed by atoms with Gasteiger partial charge in [0.25, 0.3) is 0 Å². The first kappa shape index (κ1) is 20.5. The fraction of sp³-hybridized carbons (Fsp3) is 1.00. The maximum Gasteiger partial charge on any atom is 0.134 e. The van der Waals surface area contributed by atoms with Crippen LogP contribution >= 0.6 is 15.9 Å². The molecular formula is C14H31BrIN. The molecule has 0 aromatic carbocycles. The van der Waals surface area contributed by atoms with Crippen molar-refractivity contribution in [2.45, 2.75) is 65.2 Å². The topological polar surface area (TPSA) is 0 Å². The lowest BCUT2D eigenvalue weighted by Gasteiger charge is -2.32. The molecule has 0 aliphatic carbocycles. The zero-order valence-corrected chi connectivity index (χ0v) is 15.7. The van der Waals surface area contributed by atoms with E-state index in [-0.39, 0.29) is 24.0 Å². The number of rotatable bonds is 11. The van der Waals surface area contributed by atoms with Gasteiger partial charge in [0.15, 0.2) is 0 Å². The SMILES string of the molecule is CCCCCCC[N+](C)(CBr)CCCCC.[I-]. The van der Waals surface area contributed by atoms with Crippen molar-refractivity contribution < 1.29 is 28.5 Å². The van der Waals surface area contributed by atoms with E-state index in [4.69, 9.17) is 0 Å². The number of alkyl halides is 1. The molecule has 0 aliphatic rings. The first-order chi connectivity index (χ1) is 7.68. The molecule has 106 valence electrons. The second-order valence-electron chi connectivity index (χ2n) is 5.31. The molecule has 0 radical (unpaired) electrons. The van der Waals surface area contributed by atoms with E-state index in [1.165, 1.54) is 68.9 Å². The Hall–Kier alpha value is 1.17. The monoisotopic (exact) mass is 419 g/mol. The number of hydrogen-bond donors (Lipinski definition) is 0. The van der Waals surface area contributed by atoms with Gasteiger partial charge in [0.05, 0.1) is 20.1 Å². The van der Waals surface area contributed by atoms with Gasteiger partial charge in [0.1, 0.15) is 5.45 Å². The molecule has 0 aliphatic heterocycles. The van der Waals surface area contributed by atoms with E-state index in [9.17, 15) is 0 Å². The number of nitrogens with zero attached hydrogens (tertiary/aromatic N) is 1. The molecule has 0 spiro atoms. The highest BCUT2D eigenvalue weighted by atomic mass is 127. The highest BCUT2D eigenvalue weighted by Crippen LogP contribution is 2.13. The summed E-state index contributed by atoms with van der Waals surface area (Å²) in [6, 6.07) is 0. The van der Waals surface area contributed by atoms with Crippen LogP contribution in [-0.4, -0.2) is 30.1 Å². The van der Waals surface area contributed by atoms with Crippen LogP contribution in [0.5, 0.6) is 0 Å². The molecule has 1 atom stereocenters. The molecule has 0 aromatic heterocycles. The van der Waals surface area contributed by atoms with Crippen molar-refractivity contribution >= 4 is 15.9 Å². The predicted octanol–water partition coefficient (Wildman–Crippen LogP) is 1.95. The van der Waals surface area contributed by atoms with Gasteiger partial charge in [-0.1, -0.05) is 39.5 Å². The van der Waals surface area contributed by atoms with E-state index in [0.717, 1.165) is 5.45 Å². The molecule has 1 nitrogen and oxygen atoms in total. The summed E-state index contributed by atoms with van der Waals surface area (Å²) in [7, 11) is 2.39. The van der Waals surface area contributed by atoms with Gasteiger partial charge < -0.3 is 28.5 Å². The smallest absolute Gasteiger partial charge is 0.134 e. The van der Waals surface area contributed by atoms with Crippen LogP contribution < -0.4 is 24.0 Å². The molecule has 0 N–H and O–H groups in total. The van der Waals surface area contributed by atoms with Crippen LogP contribution in [-0.2, 0) is 0 Å². The maximum absolute atomic E-state index is 3.68. The zero-order valence-electron chi connectivity index (χ0n) is 12.0. The second kappa shape index (κ2) is 13.6. The molecular weight excluding hydrogens is 389 g/mol. The van der Waals surface area contributed by atoms with Crippen molar-refractivity contribution in [1.82, 2.24) is 0 Å². The summed E-state index contributed by atoms with van der Waals surface area (Å²) in [5.74, 6) is 0. The van der Waals surface area contributed by atoms with Crippen molar-refractivity contribution in [2.75, 3.05) is 25.6 Å². The molecule has 0 amide bonds. The minimum Gasteiger partial charge on any atom is -1.00 e. The molecule has 0 saturated heterocycles. The van der Waals surface area contributed by atoms with Crippen LogP contribution in [0.2, 0.25) is 0 Å². The Morgan fingerprint density at radius 3 is 1.65 bits per heavy atom. The molecule has 17 heavy (non-hydrogen) atoms. The number of hydrogen-bond acceptors (Lipinski definition) is 0. The summed E-state index contributed by atoms with van der Waals surface area (Å²) in [6.07, 6.45) is 11.1. The second-order valence-corrected chi connectivity index (χ2v) is 5.81. The molecule has 0 aromatic rings. The summed E-state index contributed by atoms with van der Waals surface area (Å²) in [4.78, 5) is 0. The lowest BCUT2D eigenvalue weighted by molar-refractivity contribution is -0.896. The Morgan fingerprint density at radius 2 is 1.18 bits per heavy atom. The van der Waals surface area contributed by atoms with Gasteiger partial charge in [-0.15, -0.1) is 0 Å². The zero-order chi connectivity index (χ0) is 12.3. The standard InChI is InChI=1S/C14H31BrN.HI/c1-4-6-8-9-11-13-16(3,14-15)12-10-7-5-2;/h4-14H2,1-3H3;1H/q+1;/p-1. The third kappa shape index (κ3) is 12.0. The summed E-state index contributed by atoms with van der Waals surface area (Å²) >= 11 is 3.68. The van der Waals surface area contributed by atoms with Gasteiger partial charge in [-0.05, 0) is 41.6 Å². The molecule has 0 bridgehead atoms. The van der Waals surface area contributed by atoms with Gasteiger partial charge in [-0.25, -0.2) is 0 Å². The Morgan fingerprint density at radius 1 is 0.765 bits per heavy atom. The van der Waals surface area contributed by atoms with Crippen LogP contribution in [0.4, 0.5) is 0 Å². The van der Waals surface area contributed by atoms with E-state index in [0.29, 0.717) is 0 Å². The lowest BCUT2D eigenvalue weighted by atomic mass is 10.1. The van der Waals surface area contributed by atoms with E-state index < -0.39 is 0 Å². The summed E-state index contributed by atoms with van der Waals surface area (Å²) in [5.41, 5.74) is 1.12. The molecule has 0 rings (SSSR count). The van der Waals surface area contributed by atoms with Crippen molar-refractivity contribution in [3.8, 4) is 0 Å². The van der Waals surface area contributed by atoms with Crippen LogP contribution in [0, 0.1) is 0 Å². The largest absolute Gasteiger partial charge is 1.00 e. The molecule has 0 saturated carbocycles. The average Bonchev–Trinajstić information content (AvgIpc) is 2.29. The average molecular weight is 420 g/mol. The number of quaternary nitrogens is 1. The normalized spacial score (nSPS) is 14.1. The van der Waals surface area contributed by atoms with Crippen molar-refractivity contribution in [1.29, 1.82) is 0 Å². The highest BCUT2D eigenvalue weighted by molar-refractivity contribution is 9.09. The van der Waals surface area contributed by atoms with Crippen molar-refractivity contribution in [3.63, 3.8) is 0 Å². The Labute approximate surface area is 134 Å². The third-order valence-electron chi connectivity index (χ3n) is 3.39. The number of unbranched alkanes of at least 4 members (excludes halogenated alkanes) is 6. The maximum atomic E-state index is 3.68.